The third-order valence-electron chi connectivity index (χ3n) is 2.16. The molecule has 0 unspecified atom stereocenters. The Morgan fingerprint density at radius 3 is 2.00 bits per heavy atom. The Morgan fingerprint density at radius 1 is 1.17 bits per heavy atom. The van der Waals surface area contributed by atoms with E-state index in [0.29, 0.717) is 22.8 Å². The number of methoxy groups -OCH3 is 3. The first-order valence-corrected chi connectivity index (χ1v) is 5.35. The van der Waals surface area contributed by atoms with Crippen molar-refractivity contribution in [2.45, 2.75) is 0 Å². The zero-order valence-corrected chi connectivity index (χ0v) is 11.1. The maximum absolute atomic E-state index is 11.8. The van der Waals surface area contributed by atoms with Crippen LogP contribution in [0.25, 0.3) is 0 Å². The Bertz CT molecular complexity index is 451. The van der Waals surface area contributed by atoms with Crippen LogP contribution in [0, 0.1) is 0 Å². The van der Waals surface area contributed by atoms with Crippen LogP contribution < -0.4 is 25.3 Å². The number of carbonyl (C=O) groups is 1. The molecule has 0 atom stereocenters. The van der Waals surface area contributed by atoms with Gasteiger partial charge in [0.25, 0.3) is 5.91 Å². The largest absolute Gasteiger partial charge is 0.493 e. The third-order valence-corrected chi connectivity index (χ3v) is 2.27. The van der Waals surface area contributed by atoms with Gasteiger partial charge in [-0.3, -0.25) is 10.1 Å². The maximum Gasteiger partial charge on any atom is 0.257 e. The number of hydrogen-bond donors (Lipinski definition) is 2. The second-order valence-corrected chi connectivity index (χ2v) is 3.67. The summed E-state index contributed by atoms with van der Waals surface area (Å²) < 4.78 is 15.4. The summed E-state index contributed by atoms with van der Waals surface area (Å²) in [6, 6.07) is 3.02. The quantitative estimate of drug-likeness (QED) is 0.783. The highest BCUT2D eigenvalue weighted by atomic mass is 32.1. The highest BCUT2D eigenvalue weighted by molar-refractivity contribution is 7.80. The van der Waals surface area contributed by atoms with Crippen molar-refractivity contribution >= 4 is 23.2 Å². The van der Waals surface area contributed by atoms with Crippen LogP contribution in [0.1, 0.15) is 10.4 Å². The van der Waals surface area contributed by atoms with Crippen LogP contribution >= 0.6 is 12.2 Å². The lowest BCUT2D eigenvalue weighted by molar-refractivity contribution is 0.0976. The molecule has 0 aliphatic heterocycles. The van der Waals surface area contributed by atoms with Gasteiger partial charge in [0.15, 0.2) is 16.6 Å². The van der Waals surface area contributed by atoms with E-state index in [9.17, 15) is 4.79 Å². The van der Waals surface area contributed by atoms with Crippen molar-refractivity contribution in [2.75, 3.05) is 21.3 Å². The minimum Gasteiger partial charge on any atom is -0.493 e. The van der Waals surface area contributed by atoms with Crippen molar-refractivity contribution in [3.63, 3.8) is 0 Å². The molecule has 0 fully saturated rings. The summed E-state index contributed by atoms with van der Waals surface area (Å²) in [5.41, 5.74) is 5.54. The summed E-state index contributed by atoms with van der Waals surface area (Å²) in [4.78, 5) is 11.8. The fourth-order valence-corrected chi connectivity index (χ4v) is 1.49. The minimum atomic E-state index is -0.443. The fraction of sp³-hybridized carbons (Fsp3) is 0.273. The van der Waals surface area contributed by atoms with Crippen molar-refractivity contribution in [3.05, 3.63) is 17.7 Å². The molecular weight excluding hydrogens is 256 g/mol. The van der Waals surface area contributed by atoms with Crippen molar-refractivity contribution in [3.8, 4) is 17.2 Å². The summed E-state index contributed by atoms with van der Waals surface area (Å²) in [5, 5.41) is 2.21. The van der Waals surface area contributed by atoms with E-state index in [1.807, 2.05) is 0 Å². The zero-order valence-electron chi connectivity index (χ0n) is 10.3. The Kier molecular flexibility index (Phi) is 4.73. The van der Waals surface area contributed by atoms with Gasteiger partial charge in [-0.25, -0.2) is 0 Å². The SMILES string of the molecule is COc1cc(C(=O)NC(N)=S)cc(OC)c1OC. The van der Waals surface area contributed by atoms with Gasteiger partial charge in [-0.2, -0.15) is 0 Å². The lowest BCUT2D eigenvalue weighted by Crippen LogP contribution is -2.34. The average molecular weight is 270 g/mol. The molecule has 3 N–H and O–H groups in total. The third kappa shape index (κ3) is 3.01. The molecule has 0 spiro atoms. The van der Waals surface area contributed by atoms with E-state index in [4.69, 9.17) is 19.9 Å². The smallest absolute Gasteiger partial charge is 0.257 e. The molecule has 0 radical (unpaired) electrons. The molecule has 0 aromatic heterocycles. The fourth-order valence-electron chi connectivity index (χ4n) is 1.40. The van der Waals surface area contributed by atoms with E-state index in [0.717, 1.165) is 0 Å². The molecule has 0 aliphatic carbocycles. The predicted molar refractivity (Wildman–Crippen MR) is 70.3 cm³/mol. The number of benzene rings is 1. The van der Waals surface area contributed by atoms with Crippen LogP contribution in [0.4, 0.5) is 0 Å². The molecular formula is C11H14N2O4S. The average Bonchev–Trinajstić information content (AvgIpc) is 2.35. The van der Waals surface area contributed by atoms with Gasteiger partial charge in [0.1, 0.15) is 0 Å². The lowest BCUT2D eigenvalue weighted by Gasteiger charge is -2.13. The molecule has 1 amide bonds. The van der Waals surface area contributed by atoms with Crippen molar-refractivity contribution in [1.82, 2.24) is 5.32 Å². The molecule has 0 aliphatic rings. The van der Waals surface area contributed by atoms with Gasteiger partial charge in [0, 0.05) is 5.56 Å². The predicted octanol–water partition coefficient (Wildman–Crippen LogP) is 0.686. The maximum atomic E-state index is 11.8. The number of hydrogen-bond acceptors (Lipinski definition) is 5. The van der Waals surface area contributed by atoms with Crippen molar-refractivity contribution in [1.29, 1.82) is 0 Å². The molecule has 98 valence electrons. The summed E-state index contributed by atoms with van der Waals surface area (Å²) in [5.74, 6) is 0.725. The van der Waals surface area contributed by atoms with Crippen LogP contribution in [0.15, 0.2) is 12.1 Å². The summed E-state index contributed by atoms with van der Waals surface area (Å²) in [6.07, 6.45) is 0. The molecule has 1 aromatic rings. The van der Waals surface area contributed by atoms with Crippen molar-refractivity contribution in [2.24, 2.45) is 5.73 Å². The second-order valence-electron chi connectivity index (χ2n) is 3.23. The van der Waals surface area contributed by atoms with E-state index in [2.05, 4.69) is 17.5 Å². The summed E-state index contributed by atoms with van der Waals surface area (Å²) in [6.45, 7) is 0. The Labute approximate surface area is 110 Å². The second kappa shape index (κ2) is 6.06. The number of rotatable bonds is 4. The van der Waals surface area contributed by atoms with Gasteiger partial charge in [-0.1, -0.05) is 0 Å². The van der Waals surface area contributed by atoms with Gasteiger partial charge >= 0.3 is 0 Å². The summed E-state index contributed by atoms with van der Waals surface area (Å²) >= 11 is 4.60. The van der Waals surface area contributed by atoms with Gasteiger partial charge in [0.2, 0.25) is 5.75 Å². The van der Waals surface area contributed by atoms with Crippen LogP contribution in [0.3, 0.4) is 0 Å². The van der Waals surface area contributed by atoms with Gasteiger partial charge in [-0.15, -0.1) is 0 Å². The van der Waals surface area contributed by atoms with E-state index in [1.165, 1.54) is 33.5 Å². The first kappa shape index (κ1) is 14.0. The first-order chi connectivity index (χ1) is 8.53. The molecule has 18 heavy (non-hydrogen) atoms. The molecule has 7 heteroatoms. The standard InChI is InChI=1S/C11H14N2O4S/c1-15-7-4-6(10(14)13-11(12)18)5-8(16-2)9(7)17-3/h4-5H,1-3H3,(H3,12,13,14,18). The monoisotopic (exact) mass is 270 g/mol. The molecule has 1 aromatic carbocycles. The molecule has 1 rings (SSSR count). The van der Waals surface area contributed by atoms with Crippen LogP contribution in [0.5, 0.6) is 17.2 Å². The number of ether oxygens (including phenoxy) is 3. The van der Waals surface area contributed by atoms with E-state index in [1.54, 1.807) is 0 Å². The Morgan fingerprint density at radius 2 is 1.67 bits per heavy atom. The molecule has 6 nitrogen and oxygen atoms in total. The minimum absolute atomic E-state index is 0.103. The number of thiocarbonyl (C=S) groups is 1. The van der Waals surface area contributed by atoms with Gasteiger partial charge < -0.3 is 19.9 Å². The van der Waals surface area contributed by atoms with E-state index >= 15 is 0 Å². The van der Waals surface area contributed by atoms with Crippen LogP contribution in [-0.2, 0) is 0 Å². The van der Waals surface area contributed by atoms with Crippen molar-refractivity contribution < 1.29 is 19.0 Å². The normalized spacial score (nSPS) is 9.50. The van der Waals surface area contributed by atoms with Gasteiger partial charge in [-0.05, 0) is 24.4 Å². The number of nitrogens with two attached hydrogens (primary N) is 1. The molecule has 0 saturated carbocycles. The number of nitrogens with one attached hydrogen (secondary N) is 1. The topological polar surface area (TPSA) is 82.8 Å². The number of amides is 1. The highest BCUT2D eigenvalue weighted by Crippen LogP contribution is 2.38. The van der Waals surface area contributed by atoms with Gasteiger partial charge in [0.05, 0.1) is 21.3 Å². The Balaban J connectivity index is 3.22. The van der Waals surface area contributed by atoms with E-state index < -0.39 is 5.91 Å². The zero-order chi connectivity index (χ0) is 13.7. The molecule has 0 bridgehead atoms. The van der Waals surface area contributed by atoms with Crippen LogP contribution in [-0.4, -0.2) is 32.3 Å². The summed E-state index contributed by atoms with van der Waals surface area (Å²) in [7, 11) is 4.41. The first-order valence-electron chi connectivity index (χ1n) is 4.94. The van der Waals surface area contributed by atoms with Crippen LogP contribution in [0.2, 0.25) is 0 Å². The lowest BCUT2D eigenvalue weighted by atomic mass is 10.1. The number of carbonyl (C=O) groups excluding carboxylic acids is 1. The van der Waals surface area contributed by atoms with E-state index in [-0.39, 0.29) is 5.11 Å². The molecule has 0 heterocycles. The Hall–Kier alpha value is -2.02. The highest BCUT2D eigenvalue weighted by Gasteiger charge is 2.17. The molecule has 0 saturated heterocycles.